The molecule has 0 aliphatic carbocycles. The number of hydrogen-bond acceptors (Lipinski definition) is 2. The summed E-state index contributed by atoms with van der Waals surface area (Å²) in [7, 11) is 0. The normalized spacial score (nSPS) is 14.4. The minimum absolute atomic E-state index is 0.179. The van der Waals surface area contributed by atoms with Crippen molar-refractivity contribution in [3.63, 3.8) is 0 Å². The molecule has 2 N–H and O–H groups in total. The first-order valence-corrected chi connectivity index (χ1v) is 4.68. The van der Waals surface area contributed by atoms with Gasteiger partial charge in [-0.25, -0.2) is 0 Å². The number of rotatable bonds is 5. The van der Waals surface area contributed by atoms with Gasteiger partial charge in [0.1, 0.15) is 5.78 Å². The summed E-state index contributed by atoms with van der Waals surface area (Å²) in [4.78, 5) is 11.5. The van der Waals surface area contributed by atoms with Crippen LogP contribution in [0.4, 0.5) is 0 Å². The van der Waals surface area contributed by atoms with Crippen molar-refractivity contribution >= 4 is 5.78 Å². The lowest BCUT2D eigenvalue weighted by Gasteiger charge is -2.19. The molecule has 1 atom stereocenters. The van der Waals surface area contributed by atoms with Crippen molar-refractivity contribution in [1.29, 1.82) is 0 Å². The van der Waals surface area contributed by atoms with Crippen molar-refractivity contribution in [2.24, 2.45) is 11.7 Å². The molecule has 2 nitrogen and oxygen atoms in total. The van der Waals surface area contributed by atoms with Gasteiger partial charge in [-0.15, -0.1) is 0 Å². The van der Waals surface area contributed by atoms with Gasteiger partial charge in [0.05, 0.1) is 0 Å². The summed E-state index contributed by atoms with van der Waals surface area (Å²) in [6.45, 7) is 7.86. The second-order valence-corrected chi connectivity index (χ2v) is 4.32. The molecule has 0 aromatic heterocycles. The molecule has 2 heteroatoms. The van der Waals surface area contributed by atoms with Gasteiger partial charge in [0.15, 0.2) is 0 Å². The van der Waals surface area contributed by atoms with Crippen LogP contribution in [0.2, 0.25) is 0 Å². The number of ketones is 1. The zero-order valence-corrected chi connectivity index (χ0v) is 8.68. The van der Waals surface area contributed by atoms with Crippen molar-refractivity contribution in [2.45, 2.75) is 52.5 Å². The van der Waals surface area contributed by atoms with Crippen LogP contribution in [0.5, 0.6) is 0 Å². The SMILES string of the molecule is CCCC(C)C(=O)CC(C)(C)N. The van der Waals surface area contributed by atoms with Gasteiger partial charge >= 0.3 is 0 Å². The lowest BCUT2D eigenvalue weighted by Crippen LogP contribution is -2.36. The molecule has 0 rings (SSSR count). The van der Waals surface area contributed by atoms with E-state index < -0.39 is 0 Å². The molecular weight excluding hydrogens is 150 g/mol. The molecular formula is C10H21NO. The highest BCUT2D eigenvalue weighted by atomic mass is 16.1. The Hall–Kier alpha value is -0.370. The van der Waals surface area contributed by atoms with Crippen LogP contribution in [0.3, 0.4) is 0 Å². The molecule has 0 aromatic carbocycles. The standard InChI is InChI=1S/C10H21NO/c1-5-6-8(2)9(12)7-10(3,4)11/h8H,5-7,11H2,1-4H3. The summed E-state index contributed by atoms with van der Waals surface area (Å²) in [6, 6.07) is 0. The van der Waals surface area contributed by atoms with Gasteiger partial charge in [-0.05, 0) is 20.3 Å². The summed E-state index contributed by atoms with van der Waals surface area (Å²) in [5.74, 6) is 0.474. The predicted molar refractivity (Wildman–Crippen MR) is 52.0 cm³/mol. The zero-order valence-electron chi connectivity index (χ0n) is 8.68. The maximum absolute atomic E-state index is 11.5. The van der Waals surface area contributed by atoms with Crippen LogP contribution in [-0.4, -0.2) is 11.3 Å². The van der Waals surface area contributed by atoms with Gasteiger partial charge in [0, 0.05) is 17.9 Å². The second kappa shape index (κ2) is 4.61. The lowest BCUT2D eigenvalue weighted by atomic mass is 9.91. The maximum Gasteiger partial charge on any atom is 0.137 e. The fraction of sp³-hybridized carbons (Fsp3) is 0.900. The molecule has 0 amide bonds. The van der Waals surface area contributed by atoms with Crippen molar-refractivity contribution in [1.82, 2.24) is 0 Å². The Morgan fingerprint density at radius 2 is 2.00 bits per heavy atom. The third-order valence-corrected chi connectivity index (χ3v) is 1.90. The highest BCUT2D eigenvalue weighted by Gasteiger charge is 2.20. The average Bonchev–Trinajstić information content (AvgIpc) is 1.84. The quantitative estimate of drug-likeness (QED) is 0.688. The number of carbonyl (C=O) groups is 1. The van der Waals surface area contributed by atoms with Crippen molar-refractivity contribution in [2.75, 3.05) is 0 Å². The van der Waals surface area contributed by atoms with E-state index in [0.29, 0.717) is 12.2 Å². The second-order valence-electron chi connectivity index (χ2n) is 4.32. The summed E-state index contributed by atoms with van der Waals surface area (Å²) < 4.78 is 0. The number of Topliss-reactive ketones (excluding diaryl/α,β-unsaturated/α-hetero) is 1. The number of hydrogen-bond donors (Lipinski definition) is 1. The molecule has 0 fully saturated rings. The molecule has 0 heterocycles. The van der Waals surface area contributed by atoms with E-state index in [1.165, 1.54) is 0 Å². The van der Waals surface area contributed by atoms with Crippen LogP contribution < -0.4 is 5.73 Å². The fourth-order valence-corrected chi connectivity index (χ4v) is 1.22. The Morgan fingerprint density at radius 3 is 2.33 bits per heavy atom. The maximum atomic E-state index is 11.5. The first-order chi connectivity index (χ1) is 5.37. The smallest absolute Gasteiger partial charge is 0.137 e. The van der Waals surface area contributed by atoms with Gasteiger partial charge in [-0.1, -0.05) is 20.3 Å². The largest absolute Gasteiger partial charge is 0.325 e. The van der Waals surface area contributed by atoms with Crippen LogP contribution in [0.25, 0.3) is 0 Å². The van der Waals surface area contributed by atoms with E-state index >= 15 is 0 Å². The van der Waals surface area contributed by atoms with E-state index in [0.717, 1.165) is 12.8 Å². The molecule has 72 valence electrons. The zero-order chi connectivity index (χ0) is 9.78. The third-order valence-electron chi connectivity index (χ3n) is 1.90. The van der Waals surface area contributed by atoms with E-state index in [1.807, 2.05) is 20.8 Å². The number of nitrogens with two attached hydrogens (primary N) is 1. The molecule has 0 spiro atoms. The average molecular weight is 171 g/mol. The first kappa shape index (κ1) is 11.6. The van der Waals surface area contributed by atoms with E-state index in [4.69, 9.17) is 5.73 Å². The molecule has 0 saturated heterocycles. The highest BCUT2D eigenvalue weighted by Crippen LogP contribution is 2.13. The Labute approximate surface area is 75.5 Å². The molecule has 12 heavy (non-hydrogen) atoms. The van der Waals surface area contributed by atoms with Crippen LogP contribution in [0.15, 0.2) is 0 Å². The minimum Gasteiger partial charge on any atom is -0.325 e. The first-order valence-electron chi connectivity index (χ1n) is 4.68. The van der Waals surface area contributed by atoms with Crippen molar-refractivity contribution in [3.05, 3.63) is 0 Å². The van der Waals surface area contributed by atoms with Gasteiger partial charge in [0.25, 0.3) is 0 Å². The third kappa shape index (κ3) is 5.30. The fourth-order valence-electron chi connectivity index (χ4n) is 1.22. The van der Waals surface area contributed by atoms with Gasteiger partial charge in [-0.3, -0.25) is 4.79 Å². The van der Waals surface area contributed by atoms with Crippen LogP contribution in [0.1, 0.15) is 47.0 Å². The predicted octanol–water partition coefficient (Wildman–Crippen LogP) is 2.12. The van der Waals surface area contributed by atoms with Crippen LogP contribution in [0, 0.1) is 5.92 Å². The highest BCUT2D eigenvalue weighted by molar-refractivity contribution is 5.81. The Balaban J connectivity index is 3.87. The van der Waals surface area contributed by atoms with E-state index in [1.54, 1.807) is 0 Å². The summed E-state index contributed by atoms with van der Waals surface area (Å²) in [5.41, 5.74) is 5.40. The van der Waals surface area contributed by atoms with Gasteiger partial charge < -0.3 is 5.73 Å². The Kier molecular flexibility index (Phi) is 4.46. The molecule has 0 saturated carbocycles. The Bertz CT molecular complexity index is 146. The molecule has 0 aliphatic heterocycles. The van der Waals surface area contributed by atoms with Crippen molar-refractivity contribution in [3.8, 4) is 0 Å². The van der Waals surface area contributed by atoms with Gasteiger partial charge in [0.2, 0.25) is 0 Å². The van der Waals surface area contributed by atoms with Crippen LogP contribution >= 0.6 is 0 Å². The van der Waals surface area contributed by atoms with E-state index in [2.05, 4.69) is 6.92 Å². The van der Waals surface area contributed by atoms with E-state index in [-0.39, 0.29) is 11.5 Å². The molecule has 0 bridgehead atoms. The molecule has 1 unspecified atom stereocenters. The summed E-state index contributed by atoms with van der Waals surface area (Å²) in [6.07, 6.45) is 2.54. The van der Waals surface area contributed by atoms with Crippen molar-refractivity contribution < 1.29 is 4.79 Å². The topological polar surface area (TPSA) is 43.1 Å². The Morgan fingerprint density at radius 1 is 1.50 bits per heavy atom. The monoisotopic (exact) mass is 171 g/mol. The van der Waals surface area contributed by atoms with E-state index in [9.17, 15) is 4.79 Å². The lowest BCUT2D eigenvalue weighted by molar-refractivity contribution is -0.123. The molecule has 0 radical (unpaired) electrons. The van der Waals surface area contributed by atoms with Crippen LogP contribution in [-0.2, 0) is 4.79 Å². The molecule has 0 aliphatic rings. The minimum atomic E-state index is -0.348. The van der Waals surface area contributed by atoms with Gasteiger partial charge in [-0.2, -0.15) is 0 Å². The summed E-state index contributed by atoms with van der Waals surface area (Å²) >= 11 is 0. The molecule has 0 aromatic rings. The summed E-state index contributed by atoms with van der Waals surface area (Å²) in [5, 5.41) is 0. The number of carbonyl (C=O) groups excluding carboxylic acids is 1.